The highest BCUT2D eigenvalue weighted by Crippen LogP contribution is 2.12. The van der Waals surface area contributed by atoms with Gasteiger partial charge < -0.3 is 10.6 Å². The molecule has 0 radical (unpaired) electrons. The van der Waals surface area contributed by atoms with Crippen molar-refractivity contribution in [1.82, 2.24) is 0 Å². The van der Waals surface area contributed by atoms with Gasteiger partial charge in [0, 0.05) is 49.0 Å². The van der Waals surface area contributed by atoms with E-state index in [0.717, 1.165) is 22.5 Å². The van der Waals surface area contributed by atoms with Gasteiger partial charge in [0.1, 0.15) is 0 Å². The number of aliphatic imine (C=N–C) groups is 2. The zero-order chi connectivity index (χ0) is 15.6. The van der Waals surface area contributed by atoms with Crippen LogP contribution in [-0.2, 0) is 0 Å². The van der Waals surface area contributed by atoms with Crippen LogP contribution in [-0.4, -0.2) is 39.6 Å². The molecule has 0 aliphatic heterocycles. The van der Waals surface area contributed by atoms with E-state index in [-0.39, 0.29) is 0 Å². The highest BCUT2D eigenvalue weighted by molar-refractivity contribution is 5.88. The van der Waals surface area contributed by atoms with Crippen molar-refractivity contribution in [3.05, 3.63) is 59.7 Å². The molecule has 114 valence electrons. The van der Waals surface area contributed by atoms with E-state index in [1.165, 1.54) is 0 Å². The van der Waals surface area contributed by atoms with E-state index in [2.05, 4.69) is 20.6 Å². The van der Waals surface area contributed by atoms with E-state index < -0.39 is 0 Å². The van der Waals surface area contributed by atoms with Crippen LogP contribution < -0.4 is 10.6 Å². The standard InChI is InChI=1S/C18H22N4/c1-19-17-9-5-3-7-15(17)13-21-11-12-22-14-16-8-4-6-10-18(16)20-2/h3-10,13-14,19-20H,11-12H2,1-2H3. The molecule has 22 heavy (non-hydrogen) atoms. The normalized spacial score (nSPS) is 11.2. The number of benzene rings is 2. The first-order valence-electron chi connectivity index (χ1n) is 7.38. The third-order valence-corrected chi connectivity index (χ3v) is 3.28. The van der Waals surface area contributed by atoms with Crippen molar-refractivity contribution < 1.29 is 0 Å². The minimum Gasteiger partial charge on any atom is -0.388 e. The third kappa shape index (κ3) is 4.45. The van der Waals surface area contributed by atoms with Gasteiger partial charge >= 0.3 is 0 Å². The van der Waals surface area contributed by atoms with Crippen LogP contribution in [0.1, 0.15) is 11.1 Å². The van der Waals surface area contributed by atoms with Gasteiger partial charge in [-0.2, -0.15) is 0 Å². The predicted molar refractivity (Wildman–Crippen MR) is 96.9 cm³/mol. The van der Waals surface area contributed by atoms with Crippen molar-refractivity contribution in [3.8, 4) is 0 Å². The van der Waals surface area contributed by atoms with Crippen LogP contribution >= 0.6 is 0 Å². The Balaban J connectivity index is 1.86. The van der Waals surface area contributed by atoms with E-state index in [1.54, 1.807) is 0 Å². The molecule has 0 fully saturated rings. The summed E-state index contributed by atoms with van der Waals surface area (Å²) in [4.78, 5) is 8.86. The van der Waals surface area contributed by atoms with E-state index in [4.69, 9.17) is 0 Å². The Hall–Kier alpha value is -2.62. The lowest BCUT2D eigenvalue weighted by atomic mass is 10.2. The Morgan fingerprint density at radius 3 is 1.55 bits per heavy atom. The van der Waals surface area contributed by atoms with Crippen LogP contribution in [0.25, 0.3) is 0 Å². The lowest BCUT2D eigenvalue weighted by Gasteiger charge is -2.03. The van der Waals surface area contributed by atoms with Crippen molar-refractivity contribution >= 4 is 23.8 Å². The van der Waals surface area contributed by atoms with E-state index >= 15 is 0 Å². The molecule has 0 bridgehead atoms. The molecule has 0 heterocycles. The van der Waals surface area contributed by atoms with Crippen molar-refractivity contribution in [2.45, 2.75) is 0 Å². The molecule has 4 heteroatoms. The van der Waals surface area contributed by atoms with E-state index in [9.17, 15) is 0 Å². The molecular formula is C18H22N4. The van der Waals surface area contributed by atoms with Gasteiger partial charge in [0.05, 0.1) is 13.1 Å². The summed E-state index contributed by atoms with van der Waals surface area (Å²) in [5.74, 6) is 0. The second-order valence-electron chi connectivity index (χ2n) is 4.75. The van der Waals surface area contributed by atoms with Gasteiger partial charge in [-0.3, -0.25) is 9.98 Å². The summed E-state index contributed by atoms with van der Waals surface area (Å²) >= 11 is 0. The van der Waals surface area contributed by atoms with Gasteiger partial charge in [0.15, 0.2) is 0 Å². The summed E-state index contributed by atoms with van der Waals surface area (Å²) in [6.07, 6.45) is 3.78. The van der Waals surface area contributed by atoms with Crippen LogP contribution in [0.2, 0.25) is 0 Å². The Morgan fingerprint density at radius 2 is 1.14 bits per heavy atom. The predicted octanol–water partition coefficient (Wildman–Crippen LogP) is 3.31. The summed E-state index contributed by atoms with van der Waals surface area (Å²) in [5.41, 5.74) is 4.35. The molecule has 0 aliphatic carbocycles. The lowest BCUT2D eigenvalue weighted by Crippen LogP contribution is -1.96. The molecular weight excluding hydrogens is 272 g/mol. The Kier molecular flexibility index (Phi) is 6.18. The zero-order valence-electron chi connectivity index (χ0n) is 13.1. The fourth-order valence-corrected chi connectivity index (χ4v) is 2.12. The highest BCUT2D eigenvalue weighted by atomic mass is 14.8. The molecule has 4 nitrogen and oxygen atoms in total. The minimum absolute atomic E-state index is 0.677. The van der Waals surface area contributed by atoms with Crippen molar-refractivity contribution in [3.63, 3.8) is 0 Å². The summed E-state index contributed by atoms with van der Waals surface area (Å²) in [6.45, 7) is 1.35. The highest BCUT2D eigenvalue weighted by Gasteiger charge is 1.95. The average molecular weight is 294 g/mol. The van der Waals surface area contributed by atoms with Crippen molar-refractivity contribution in [2.24, 2.45) is 9.98 Å². The molecule has 0 amide bonds. The van der Waals surface area contributed by atoms with Gasteiger partial charge in [-0.1, -0.05) is 36.4 Å². The third-order valence-electron chi connectivity index (χ3n) is 3.28. The average Bonchev–Trinajstić information content (AvgIpc) is 2.58. The van der Waals surface area contributed by atoms with Crippen molar-refractivity contribution in [2.75, 3.05) is 37.8 Å². The SMILES string of the molecule is CNc1ccccc1C=NCCN=Cc1ccccc1NC. The molecule has 0 unspecified atom stereocenters. The maximum absolute atomic E-state index is 4.43. The van der Waals surface area contributed by atoms with Crippen LogP contribution in [0.4, 0.5) is 11.4 Å². The van der Waals surface area contributed by atoms with Gasteiger partial charge in [0.2, 0.25) is 0 Å². The molecule has 0 aromatic heterocycles. The fourth-order valence-electron chi connectivity index (χ4n) is 2.12. The number of para-hydroxylation sites is 2. The number of rotatable bonds is 7. The smallest absolute Gasteiger partial charge is 0.0585 e. The maximum Gasteiger partial charge on any atom is 0.0585 e. The summed E-state index contributed by atoms with van der Waals surface area (Å²) in [6, 6.07) is 16.2. The Bertz CT molecular complexity index is 590. The largest absolute Gasteiger partial charge is 0.388 e. The Morgan fingerprint density at radius 1 is 0.727 bits per heavy atom. The molecule has 0 saturated heterocycles. The molecule has 0 atom stereocenters. The maximum atomic E-state index is 4.43. The number of hydrogen-bond donors (Lipinski definition) is 2. The summed E-state index contributed by atoms with van der Waals surface area (Å²) in [7, 11) is 3.83. The Labute approximate surface area is 132 Å². The minimum atomic E-state index is 0.677. The lowest BCUT2D eigenvalue weighted by molar-refractivity contribution is 0.985. The van der Waals surface area contributed by atoms with Gasteiger partial charge in [-0.15, -0.1) is 0 Å². The number of nitrogens with one attached hydrogen (secondary N) is 2. The summed E-state index contributed by atoms with van der Waals surface area (Å²) in [5, 5.41) is 6.31. The molecule has 0 saturated carbocycles. The van der Waals surface area contributed by atoms with Crippen LogP contribution in [0, 0.1) is 0 Å². The first-order valence-corrected chi connectivity index (χ1v) is 7.38. The fraction of sp³-hybridized carbons (Fsp3) is 0.222. The first-order chi connectivity index (χ1) is 10.8. The topological polar surface area (TPSA) is 48.8 Å². The number of hydrogen-bond acceptors (Lipinski definition) is 4. The van der Waals surface area contributed by atoms with Gasteiger partial charge in [0.25, 0.3) is 0 Å². The van der Waals surface area contributed by atoms with E-state index in [1.807, 2.05) is 75.1 Å². The molecule has 0 spiro atoms. The molecule has 0 aliphatic rings. The molecule has 2 aromatic rings. The summed E-state index contributed by atoms with van der Waals surface area (Å²) < 4.78 is 0. The van der Waals surface area contributed by atoms with Crippen LogP contribution in [0.3, 0.4) is 0 Å². The second-order valence-corrected chi connectivity index (χ2v) is 4.75. The number of anilines is 2. The first kappa shape index (κ1) is 15.8. The molecule has 2 aromatic carbocycles. The van der Waals surface area contributed by atoms with Gasteiger partial charge in [-0.25, -0.2) is 0 Å². The zero-order valence-corrected chi connectivity index (χ0v) is 13.1. The molecule has 2 N–H and O–H groups in total. The van der Waals surface area contributed by atoms with Crippen LogP contribution in [0.15, 0.2) is 58.5 Å². The van der Waals surface area contributed by atoms with Crippen molar-refractivity contribution in [1.29, 1.82) is 0 Å². The van der Waals surface area contributed by atoms with Crippen LogP contribution in [0.5, 0.6) is 0 Å². The number of nitrogens with zero attached hydrogens (tertiary/aromatic N) is 2. The quantitative estimate of drug-likeness (QED) is 0.608. The monoisotopic (exact) mass is 294 g/mol. The second kappa shape index (κ2) is 8.62. The van der Waals surface area contributed by atoms with E-state index in [0.29, 0.717) is 13.1 Å². The van der Waals surface area contributed by atoms with Gasteiger partial charge in [-0.05, 0) is 12.1 Å². The molecule has 2 rings (SSSR count).